The van der Waals surface area contributed by atoms with Crippen LogP contribution in [-0.2, 0) is 10.0 Å². The van der Waals surface area contributed by atoms with Crippen molar-refractivity contribution in [1.82, 2.24) is 4.47 Å². The molecule has 1 heterocycles. The van der Waals surface area contributed by atoms with E-state index in [0.717, 1.165) is 32.4 Å². The third-order valence-corrected chi connectivity index (χ3v) is 4.58. The molecule has 18 heavy (non-hydrogen) atoms. The highest BCUT2D eigenvalue weighted by atomic mass is 32.2. The minimum atomic E-state index is -5.74. The molecule has 1 saturated heterocycles. The maximum Gasteiger partial charge on any atom is 0.510 e. The molecular formula is C9H17F3N2O3S. The standard InChI is InChI=1S/C9H17F3N2O3S/c1-14(6-3-2-4-7-14)8-5-13(15)18(16,17)9(10,11)12/h2-8H2,1H3. The Morgan fingerprint density at radius 1 is 1.22 bits per heavy atom. The molecule has 0 atom stereocenters. The SMILES string of the molecule is C[N+]1(CCN([O-])S(=O)(=O)C(F)(F)F)CCCCC1. The molecule has 1 aliphatic rings. The predicted molar refractivity (Wildman–Crippen MR) is 59.7 cm³/mol. The number of likely N-dealkylation sites (tertiary alicyclic amines) is 1. The number of piperidine rings is 1. The van der Waals surface area contributed by atoms with Crippen molar-refractivity contribution in [1.29, 1.82) is 0 Å². The van der Waals surface area contributed by atoms with Gasteiger partial charge in [-0.3, -0.25) is 4.47 Å². The number of rotatable bonds is 4. The van der Waals surface area contributed by atoms with Gasteiger partial charge in [-0.1, -0.05) is 0 Å². The minimum absolute atomic E-state index is 0.110. The Kier molecular flexibility index (Phi) is 4.63. The number of hydrogen-bond donors (Lipinski definition) is 0. The van der Waals surface area contributed by atoms with E-state index in [2.05, 4.69) is 0 Å². The second kappa shape index (κ2) is 5.32. The van der Waals surface area contributed by atoms with E-state index >= 15 is 0 Å². The summed E-state index contributed by atoms with van der Waals surface area (Å²) < 4.78 is 57.6. The number of alkyl halides is 3. The molecule has 1 rings (SSSR count). The third-order valence-electron chi connectivity index (χ3n) is 3.28. The first-order valence-electron chi connectivity index (χ1n) is 5.68. The van der Waals surface area contributed by atoms with Crippen molar-refractivity contribution in [3.8, 4) is 0 Å². The van der Waals surface area contributed by atoms with Crippen molar-refractivity contribution in [3.05, 3.63) is 5.21 Å². The molecule has 0 spiro atoms. The summed E-state index contributed by atoms with van der Waals surface area (Å²) >= 11 is 0. The zero-order valence-corrected chi connectivity index (χ0v) is 10.9. The summed E-state index contributed by atoms with van der Waals surface area (Å²) in [5.41, 5.74) is -5.52. The number of hydrogen-bond acceptors (Lipinski definition) is 3. The Hall–Kier alpha value is -0.380. The van der Waals surface area contributed by atoms with Gasteiger partial charge in [0.2, 0.25) is 0 Å². The van der Waals surface area contributed by atoms with Gasteiger partial charge in [0.25, 0.3) is 0 Å². The van der Waals surface area contributed by atoms with Gasteiger partial charge in [0, 0.05) is 6.54 Å². The molecule has 0 unspecified atom stereocenters. The van der Waals surface area contributed by atoms with Crippen molar-refractivity contribution < 1.29 is 26.1 Å². The first-order chi connectivity index (χ1) is 8.08. The molecule has 0 N–H and O–H groups in total. The summed E-state index contributed by atoms with van der Waals surface area (Å²) in [5, 5.41) is 11.1. The van der Waals surface area contributed by atoms with Gasteiger partial charge in [0.05, 0.1) is 26.7 Å². The van der Waals surface area contributed by atoms with Crippen LogP contribution in [0.5, 0.6) is 0 Å². The van der Waals surface area contributed by atoms with Crippen LogP contribution in [0, 0.1) is 5.21 Å². The lowest BCUT2D eigenvalue weighted by atomic mass is 10.1. The lowest BCUT2D eigenvalue weighted by Gasteiger charge is -2.40. The number of quaternary nitrogens is 1. The lowest BCUT2D eigenvalue weighted by Crippen LogP contribution is -2.52. The summed E-state index contributed by atoms with van der Waals surface area (Å²) in [5.74, 6) is 0. The molecule has 0 radical (unpaired) electrons. The Balaban J connectivity index is 2.58. The Morgan fingerprint density at radius 2 is 1.72 bits per heavy atom. The van der Waals surface area contributed by atoms with Crippen LogP contribution in [-0.4, -0.2) is 56.1 Å². The van der Waals surface area contributed by atoms with E-state index in [1.807, 2.05) is 7.05 Å². The number of hydroxylamine groups is 1. The van der Waals surface area contributed by atoms with Gasteiger partial charge in [-0.25, -0.2) is 8.42 Å². The second-order valence-corrected chi connectivity index (χ2v) is 6.65. The monoisotopic (exact) mass is 290 g/mol. The van der Waals surface area contributed by atoms with E-state index in [4.69, 9.17) is 0 Å². The Labute approximate surface area is 104 Å². The second-order valence-electron chi connectivity index (χ2n) is 4.83. The largest absolute Gasteiger partial charge is 0.772 e. The van der Waals surface area contributed by atoms with Crippen molar-refractivity contribution in [2.45, 2.75) is 24.8 Å². The Bertz CT molecular complexity index is 377. The zero-order valence-electron chi connectivity index (χ0n) is 10.1. The summed E-state index contributed by atoms with van der Waals surface area (Å²) in [7, 11) is -3.91. The van der Waals surface area contributed by atoms with E-state index in [1.165, 1.54) is 0 Å². The fourth-order valence-corrected chi connectivity index (χ4v) is 2.61. The number of halogens is 3. The fraction of sp³-hybridized carbons (Fsp3) is 1.00. The molecule has 1 fully saturated rings. The van der Waals surface area contributed by atoms with E-state index < -0.39 is 26.5 Å². The highest BCUT2D eigenvalue weighted by Gasteiger charge is 2.47. The van der Waals surface area contributed by atoms with Crippen LogP contribution in [0.25, 0.3) is 0 Å². The molecule has 5 nitrogen and oxygen atoms in total. The van der Waals surface area contributed by atoms with Gasteiger partial charge in [-0.15, -0.1) is 0 Å². The van der Waals surface area contributed by atoms with Crippen LogP contribution in [0.3, 0.4) is 0 Å². The summed E-state index contributed by atoms with van der Waals surface area (Å²) in [4.78, 5) is 0. The highest BCUT2D eigenvalue weighted by Crippen LogP contribution is 2.26. The first-order valence-corrected chi connectivity index (χ1v) is 7.12. The third kappa shape index (κ3) is 3.56. The lowest BCUT2D eigenvalue weighted by molar-refractivity contribution is -0.913. The molecule has 0 aromatic carbocycles. The van der Waals surface area contributed by atoms with Gasteiger partial charge in [0.15, 0.2) is 0 Å². The molecule has 0 saturated carbocycles. The van der Waals surface area contributed by atoms with E-state index in [1.54, 1.807) is 0 Å². The maximum absolute atomic E-state index is 12.1. The molecule has 0 aromatic heterocycles. The zero-order chi connectivity index (χ0) is 14.0. The van der Waals surface area contributed by atoms with Crippen molar-refractivity contribution in [3.63, 3.8) is 0 Å². The summed E-state index contributed by atoms with van der Waals surface area (Å²) in [6.07, 6.45) is 2.96. The summed E-state index contributed by atoms with van der Waals surface area (Å²) in [6, 6.07) is 0. The number of likely N-dealkylation sites (N-methyl/N-ethyl adjacent to an activating group) is 1. The molecule has 0 amide bonds. The molecule has 0 aliphatic carbocycles. The van der Waals surface area contributed by atoms with Crippen LogP contribution in [0.15, 0.2) is 0 Å². The molecule has 0 bridgehead atoms. The normalized spacial score (nSPS) is 21.2. The van der Waals surface area contributed by atoms with Crippen LogP contribution in [0.1, 0.15) is 19.3 Å². The smallest absolute Gasteiger partial charge is 0.510 e. The van der Waals surface area contributed by atoms with Gasteiger partial charge in [0.1, 0.15) is 0 Å². The van der Waals surface area contributed by atoms with Crippen LogP contribution in [0.2, 0.25) is 0 Å². The van der Waals surface area contributed by atoms with Crippen molar-refractivity contribution in [2.24, 2.45) is 0 Å². The minimum Gasteiger partial charge on any atom is -0.772 e. The van der Waals surface area contributed by atoms with Crippen LogP contribution >= 0.6 is 0 Å². The van der Waals surface area contributed by atoms with E-state index in [9.17, 15) is 26.8 Å². The average Bonchev–Trinajstić information content (AvgIpc) is 2.25. The molecular weight excluding hydrogens is 273 g/mol. The number of sulfonamides is 1. The van der Waals surface area contributed by atoms with Gasteiger partial charge in [-0.2, -0.15) is 13.2 Å². The Morgan fingerprint density at radius 3 is 2.17 bits per heavy atom. The average molecular weight is 290 g/mol. The summed E-state index contributed by atoms with van der Waals surface area (Å²) in [6.45, 7) is 0.983. The maximum atomic E-state index is 12.1. The molecule has 0 aromatic rings. The van der Waals surface area contributed by atoms with Gasteiger partial charge in [-0.05, 0) is 19.3 Å². The molecule has 108 valence electrons. The van der Waals surface area contributed by atoms with E-state index in [-0.39, 0.29) is 6.54 Å². The topological polar surface area (TPSA) is 60.4 Å². The fourth-order valence-electron chi connectivity index (χ4n) is 2.06. The predicted octanol–water partition coefficient (Wildman–Crippen LogP) is 1.27. The highest BCUT2D eigenvalue weighted by molar-refractivity contribution is 7.90. The van der Waals surface area contributed by atoms with Gasteiger partial charge < -0.3 is 9.69 Å². The first kappa shape index (κ1) is 15.7. The molecule has 1 aliphatic heterocycles. The number of nitrogens with zero attached hydrogens (tertiary/aromatic N) is 2. The van der Waals surface area contributed by atoms with Crippen LogP contribution in [0.4, 0.5) is 13.2 Å². The quantitative estimate of drug-likeness (QED) is 0.578. The van der Waals surface area contributed by atoms with Gasteiger partial charge >= 0.3 is 15.5 Å². The van der Waals surface area contributed by atoms with E-state index in [0.29, 0.717) is 4.48 Å². The van der Waals surface area contributed by atoms with Crippen LogP contribution < -0.4 is 0 Å². The molecule has 9 heteroatoms. The van der Waals surface area contributed by atoms with Crippen molar-refractivity contribution in [2.75, 3.05) is 33.2 Å². The van der Waals surface area contributed by atoms with Crippen molar-refractivity contribution >= 4 is 10.0 Å².